The number of carbonyl (C=O) groups excluding carboxylic acids is 3. The molecule has 0 saturated carbocycles. The third-order valence-electron chi connectivity index (χ3n) is 5.20. The van der Waals surface area contributed by atoms with Crippen molar-refractivity contribution in [2.45, 2.75) is 13.0 Å². The number of carboxylic acid groups (broad SMARTS) is 1. The molecule has 0 bridgehead atoms. The van der Waals surface area contributed by atoms with Gasteiger partial charge in [0.05, 0.1) is 34.8 Å². The standard InChI is InChI=1S/C24H22Cl3N5O6S/c1-28-24(37)32(6-5-18(33)34)10-12-11-39-21(19(12)27)23(36)31-20-15(7-14(26)8-16(20)38-2)22(35)30-17-4-3-13(25)9-29-17/h3-4,7-9,11H,5-6,10H2,1-2H3,(H,28,37)(H,31,36)(H,33,34)(H,29,30,35). The number of anilines is 2. The fourth-order valence-electron chi connectivity index (χ4n) is 3.34. The Kier molecular flexibility index (Phi) is 10.4. The summed E-state index contributed by atoms with van der Waals surface area (Å²) in [6.07, 6.45) is 1.09. The van der Waals surface area contributed by atoms with Crippen molar-refractivity contribution in [3.63, 3.8) is 0 Å². The van der Waals surface area contributed by atoms with Crippen LogP contribution in [0.2, 0.25) is 15.1 Å². The van der Waals surface area contributed by atoms with Gasteiger partial charge >= 0.3 is 12.0 Å². The number of halogens is 3. The quantitative estimate of drug-likeness (QED) is 0.244. The predicted octanol–water partition coefficient (Wildman–Crippen LogP) is 5.23. The molecule has 1 aromatic carbocycles. The summed E-state index contributed by atoms with van der Waals surface area (Å²) in [5.41, 5.74) is 0.477. The van der Waals surface area contributed by atoms with Gasteiger partial charge in [0.15, 0.2) is 0 Å². The van der Waals surface area contributed by atoms with E-state index in [9.17, 15) is 19.2 Å². The van der Waals surface area contributed by atoms with E-state index < -0.39 is 23.8 Å². The molecular weight excluding hydrogens is 593 g/mol. The number of nitrogens with one attached hydrogen (secondary N) is 3. The second-order valence-electron chi connectivity index (χ2n) is 7.83. The molecule has 4 amide bonds. The van der Waals surface area contributed by atoms with E-state index in [0.29, 0.717) is 10.6 Å². The Bertz CT molecular complexity index is 1400. The molecule has 11 nitrogen and oxygen atoms in total. The summed E-state index contributed by atoms with van der Waals surface area (Å²) in [5.74, 6) is -2.00. The van der Waals surface area contributed by atoms with E-state index >= 15 is 0 Å². The van der Waals surface area contributed by atoms with Crippen LogP contribution >= 0.6 is 46.1 Å². The summed E-state index contributed by atoms with van der Waals surface area (Å²) in [7, 11) is 2.77. The van der Waals surface area contributed by atoms with Gasteiger partial charge in [-0.25, -0.2) is 9.78 Å². The number of benzene rings is 1. The number of aliphatic carboxylic acids is 1. The molecule has 0 aliphatic rings. The number of ether oxygens (including phenoxy) is 1. The number of amides is 4. The van der Waals surface area contributed by atoms with Crippen molar-refractivity contribution in [2.24, 2.45) is 0 Å². The van der Waals surface area contributed by atoms with Crippen LogP contribution in [-0.4, -0.2) is 59.5 Å². The lowest BCUT2D eigenvalue weighted by Crippen LogP contribution is -2.38. The Morgan fingerprint density at radius 3 is 2.44 bits per heavy atom. The highest BCUT2D eigenvalue weighted by molar-refractivity contribution is 7.13. The van der Waals surface area contributed by atoms with Gasteiger partial charge in [-0.3, -0.25) is 14.4 Å². The molecule has 15 heteroatoms. The summed E-state index contributed by atoms with van der Waals surface area (Å²) in [5, 5.41) is 18.9. The molecule has 0 unspecified atom stereocenters. The van der Waals surface area contributed by atoms with E-state index in [-0.39, 0.29) is 57.3 Å². The van der Waals surface area contributed by atoms with Crippen LogP contribution in [0.4, 0.5) is 16.3 Å². The third-order valence-corrected chi connectivity index (χ3v) is 7.22. The van der Waals surface area contributed by atoms with Crippen LogP contribution in [0.25, 0.3) is 0 Å². The average molecular weight is 615 g/mol. The molecule has 0 radical (unpaired) electrons. The van der Waals surface area contributed by atoms with Crippen LogP contribution in [-0.2, 0) is 11.3 Å². The number of pyridine rings is 1. The minimum atomic E-state index is -1.07. The first-order valence-corrected chi connectivity index (χ1v) is 13.1. The molecule has 0 saturated heterocycles. The van der Waals surface area contributed by atoms with Crippen LogP contribution in [0.3, 0.4) is 0 Å². The van der Waals surface area contributed by atoms with Gasteiger partial charge in [-0.2, -0.15) is 0 Å². The molecule has 206 valence electrons. The van der Waals surface area contributed by atoms with Gasteiger partial charge in [-0.05, 0) is 23.6 Å². The maximum absolute atomic E-state index is 13.3. The maximum atomic E-state index is 13.3. The lowest BCUT2D eigenvalue weighted by Gasteiger charge is -2.21. The Balaban J connectivity index is 1.87. The number of methoxy groups -OCH3 is 1. The van der Waals surface area contributed by atoms with Gasteiger partial charge in [0.2, 0.25) is 0 Å². The number of hydrogen-bond acceptors (Lipinski definition) is 7. The summed E-state index contributed by atoms with van der Waals surface area (Å²) in [6, 6.07) is 5.34. The van der Waals surface area contributed by atoms with Crippen LogP contribution < -0.4 is 20.7 Å². The fourth-order valence-corrected chi connectivity index (χ4v) is 4.90. The molecule has 0 atom stereocenters. The Labute approximate surface area is 242 Å². The zero-order valence-corrected chi connectivity index (χ0v) is 23.6. The minimum Gasteiger partial charge on any atom is -0.494 e. The van der Waals surface area contributed by atoms with Crippen molar-refractivity contribution < 1.29 is 29.0 Å². The molecule has 0 aliphatic carbocycles. The van der Waals surface area contributed by atoms with Crippen LogP contribution in [0, 0.1) is 0 Å². The van der Waals surface area contributed by atoms with Gasteiger partial charge in [0.25, 0.3) is 11.8 Å². The maximum Gasteiger partial charge on any atom is 0.317 e. The van der Waals surface area contributed by atoms with Crippen molar-refractivity contribution in [3.05, 3.63) is 66.9 Å². The number of thiophene rings is 1. The largest absolute Gasteiger partial charge is 0.494 e. The number of carboxylic acids is 1. The van der Waals surface area contributed by atoms with E-state index in [0.717, 1.165) is 11.3 Å². The number of carbonyl (C=O) groups is 4. The molecule has 3 rings (SSSR count). The van der Waals surface area contributed by atoms with Crippen molar-refractivity contribution in [2.75, 3.05) is 31.3 Å². The normalized spacial score (nSPS) is 10.5. The molecule has 2 heterocycles. The Morgan fingerprint density at radius 2 is 1.82 bits per heavy atom. The third kappa shape index (κ3) is 7.73. The van der Waals surface area contributed by atoms with Gasteiger partial charge in [0.1, 0.15) is 16.4 Å². The minimum absolute atomic E-state index is 0.00295. The number of aromatic nitrogens is 1. The molecule has 39 heavy (non-hydrogen) atoms. The van der Waals surface area contributed by atoms with E-state index in [1.54, 1.807) is 11.4 Å². The highest BCUT2D eigenvalue weighted by atomic mass is 35.5. The van der Waals surface area contributed by atoms with Gasteiger partial charge in [0, 0.05) is 43.0 Å². The predicted molar refractivity (Wildman–Crippen MR) is 150 cm³/mol. The second kappa shape index (κ2) is 13.5. The van der Waals surface area contributed by atoms with Gasteiger partial charge in [-0.1, -0.05) is 34.8 Å². The first-order valence-electron chi connectivity index (χ1n) is 11.1. The topological polar surface area (TPSA) is 150 Å². The number of urea groups is 1. The Morgan fingerprint density at radius 1 is 1.08 bits per heavy atom. The van der Waals surface area contributed by atoms with Crippen LogP contribution in [0.1, 0.15) is 32.0 Å². The summed E-state index contributed by atoms with van der Waals surface area (Å²) < 4.78 is 5.35. The SMILES string of the molecule is CNC(=O)N(CCC(=O)O)Cc1csc(C(=O)Nc2c(OC)cc(Cl)cc2C(=O)Nc2ccc(Cl)cn2)c1Cl. The Hall–Kier alpha value is -3.58. The summed E-state index contributed by atoms with van der Waals surface area (Å²) >= 11 is 19.5. The lowest BCUT2D eigenvalue weighted by atomic mass is 10.1. The first kappa shape index (κ1) is 30.0. The van der Waals surface area contributed by atoms with Crippen LogP contribution in [0.15, 0.2) is 35.8 Å². The molecular formula is C24H22Cl3N5O6S. The molecule has 4 N–H and O–H groups in total. The zero-order chi connectivity index (χ0) is 28.7. The highest BCUT2D eigenvalue weighted by Gasteiger charge is 2.25. The number of nitrogens with zero attached hydrogens (tertiary/aromatic N) is 2. The van der Waals surface area contributed by atoms with Crippen molar-refractivity contribution in [3.8, 4) is 5.75 Å². The first-order chi connectivity index (χ1) is 18.5. The smallest absolute Gasteiger partial charge is 0.317 e. The lowest BCUT2D eigenvalue weighted by molar-refractivity contribution is -0.137. The second-order valence-corrected chi connectivity index (χ2v) is 9.96. The van der Waals surface area contributed by atoms with E-state index in [4.69, 9.17) is 44.6 Å². The molecule has 2 aromatic heterocycles. The van der Waals surface area contributed by atoms with E-state index in [1.165, 1.54) is 43.5 Å². The average Bonchev–Trinajstić information content (AvgIpc) is 3.27. The summed E-state index contributed by atoms with van der Waals surface area (Å²) in [6.45, 7) is -0.0901. The highest BCUT2D eigenvalue weighted by Crippen LogP contribution is 2.35. The van der Waals surface area contributed by atoms with Gasteiger partial charge < -0.3 is 30.7 Å². The van der Waals surface area contributed by atoms with E-state index in [1.807, 2.05) is 0 Å². The van der Waals surface area contributed by atoms with Crippen molar-refractivity contribution in [1.82, 2.24) is 15.2 Å². The zero-order valence-electron chi connectivity index (χ0n) is 20.5. The summed E-state index contributed by atoms with van der Waals surface area (Å²) in [4.78, 5) is 54.9. The molecule has 0 aliphatic heterocycles. The fraction of sp³-hybridized carbons (Fsp3) is 0.208. The van der Waals surface area contributed by atoms with Gasteiger partial charge in [-0.15, -0.1) is 11.3 Å². The molecule has 0 spiro atoms. The van der Waals surface area contributed by atoms with E-state index in [2.05, 4.69) is 20.9 Å². The van der Waals surface area contributed by atoms with Crippen LogP contribution in [0.5, 0.6) is 5.75 Å². The number of hydrogen-bond donors (Lipinski definition) is 4. The number of rotatable bonds is 10. The molecule has 3 aromatic rings. The van der Waals surface area contributed by atoms with Crippen molar-refractivity contribution in [1.29, 1.82) is 0 Å². The monoisotopic (exact) mass is 613 g/mol. The molecule has 0 fully saturated rings. The van der Waals surface area contributed by atoms with Crippen molar-refractivity contribution >= 4 is 81.5 Å².